The van der Waals surface area contributed by atoms with Gasteiger partial charge in [0.05, 0.1) is 23.1 Å². The smallest absolute Gasteiger partial charge is 0.273 e. The largest absolute Gasteiger partial charge is 0.492 e. The van der Waals surface area contributed by atoms with E-state index in [9.17, 15) is 10.1 Å². The summed E-state index contributed by atoms with van der Waals surface area (Å²) in [4.78, 5) is 18.8. The minimum Gasteiger partial charge on any atom is -0.492 e. The van der Waals surface area contributed by atoms with E-state index in [0.29, 0.717) is 18.1 Å². The van der Waals surface area contributed by atoms with Crippen LogP contribution < -0.4 is 4.74 Å². The van der Waals surface area contributed by atoms with Gasteiger partial charge in [-0.25, -0.2) is 9.97 Å². The number of hydrogen-bond acceptors (Lipinski definition) is 6. The molecular formula is C16H13N3O3S. The molecule has 0 aliphatic heterocycles. The lowest BCUT2D eigenvalue weighted by Crippen LogP contribution is -2.01. The second-order valence-corrected chi connectivity index (χ2v) is 5.73. The summed E-state index contributed by atoms with van der Waals surface area (Å²) in [5.74, 6) is 1.18. The molecule has 1 aromatic heterocycles. The summed E-state index contributed by atoms with van der Waals surface area (Å²) < 4.78 is 5.56. The normalized spacial score (nSPS) is 10.6. The summed E-state index contributed by atoms with van der Waals surface area (Å²) >= 11 is 1.57. The van der Waals surface area contributed by atoms with Gasteiger partial charge >= 0.3 is 0 Å². The van der Waals surface area contributed by atoms with Crippen molar-refractivity contribution in [3.05, 3.63) is 65.0 Å². The highest BCUT2D eigenvalue weighted by Gasteiger charge is 2.07. The van der Waals surface area contributed by atoms with Gasteiger partial charge in [0.1, 0.15) is 17.1 Å². The molecule has 7 heteroatoms. The van der Waals surface area contributed by atoms with Crippen LogP contribution in [0.1, 0.15) is 0 Å². The van der Waals surface area contributed by atoms with Gasteiger partial charge in [-0.05, 0) is 12.1 Å². The average Bonchev–Trinajstić information content (AvgIpc) is 2.59. The van der Waals surface area contributed by atoms with E-state index in [1.807, 2.05) is 24.3 Å². The fourth-order valence-corrected chi connectivity index (χ4v) is 2.89. The molecule has 0 saturated carbocycles. The van der Waals surface area contributed by atoms with Crippen LogP contribution >= 0.6 is 11.8 Å². The number of aromatic nitrogens is 2. The predicted octanol–water partition coefficient (Wildman–Crippen LogP) is 3.71. The van der Waals surface area contributed by atoms with Crippen molar-refractivity contribution in [2.75, 3.05) is 12.4 Å². The molecule has 0 saturated heterocycles. The van der Waals surface area contributed by atoms with Crippen LogP contribution in [0.3, 0.4) is 0 Å². The molecule has 0 unspecified atom stereocenters. The van der Waals surface area contributed by atoms with Crippen LogP contribution in [-0.2, 0) is 0 Å². The molecule has 0 aliphatic rings. The third-order valence-electron chi connectivity index (χ3n) is 3.13. The Labute approximate surface area is 136 Å². The second kappa shape index (κ2) is 7.06. The minimum absolute atomic E-state index is 0.0250. The predicted molar refractivity (Wildman–Crippen MR) is 88.9 cm³/mol. The Balaban J connectivity index is 1.59. The molecular weight excluding hydrogens is 314 g/mol. The van der Waals surface area contributed by atoms with Gasteiger partial charge in [0, 0.05) is 17.2 Å². The first kappa shape index (κ1) is 15.2. The molecule has 0 radical (unpaired) electrons. The van der Waals surface area contributed by atoms with E-state index in [1.165, 1.54) is 12.1 Å². The highest BCUT2D eigenvalue weighted by atomic mass is 32.2. The van der Waals surface area contributed by atoms with Crippen molar-refractivity contribution >= 4 is 28.4 Å². The van der Waals surface area contributed by atoms with Crippen molar-refractivity contribution in [1.82, 2.24) is 9.97 Å². The van der Waals surface area contributed by atoms with Crippen LogP contribution in [0.4, 0.5) is 5.69 Å². The Morgan fingerprint density at radius 3 is 2.87 bits per heavy atom. The molecule has 0 atom stereocenters. The molecule has 0 amide bonds. The number of thioether (sulfide) groups is 1. The van der Waals surface area contributed by atoms with Gasteiger partial charge in [0.15, 0.2) is 0 Å². The number of para-hydroxylation sites is 1. The first-order valence-corrected chi connectivity index (χ1v) is 7.92. The second-order valence-electron chi connectivity index (χ2n) is 4.65. The quantitative estimate of drug-likeness (QED) is 0.226. The molecule has 0 spiro atoms. The molecule has 6 nitrogen and oxygen atoms in total. The topological polar surface area (TPSA) is 78.2 Å². The maximum atomic E-state index is 10.7. The summed E-state index contributed by atoms with van der Waals surface area (Å²) in [6.07, 6.45) is 1.55. The number of fused-ring (bicyclic) bond motifs is 1. The number of nitro groups is 1. The fraction of sp³-hybridized carbons (Fsp3) is 0.125. The Morgan fingerprint density at radius 2 is 2.00 bits per heavy atom. The van der Waals surface area contributed by atoms with Crippen molar-refractivity contribution in [2.45, 2.75) is 5.03 Å². The Bertz CT molecular complexity index is 836. The number of rotatable bonds is 6. The van der Waals surface area contributed by atoms with E-state index in [4.69, 9.17) is 4.74 Å². The maximum Gasteiger partial charge on any atom is 0.273 e. The molecule has 1 heterocycles. The summed E-state index contributed by atoms with van der Waals surface area (Å²) in [5.41, 5.74) is 0.932. The SMILES string of the molecule is O=[N+]([O-])c1cccc(OCCSc2ncnc3ccccc23)c1. The van der Waals surface area contributed by atoms with E-state index in [-0.39, 0.29) is 5.69 Å². The van der Waals surface area contributed by atoms with E-state index >= 15 is 0 Å². The van der Waals surface area contributed by atoms with Crippen molar-refractivity contribution in [1.29, 1.82) is 0 Å². The standard InChI is InChI=1S/C16H13N3O3S/c20-19(21)12-4-3-5-13(10-12)22-8-9-23-16-14-6-1-2-7-15(14)17-11-18-16/h1-7,10-11H,8-9H2. The third kappa shape index (κ3) is 3.75. The van der Waals surface area contributed by atoms with Gasteiger partial charge in [0.25, 0.3) is 5.69 Å². The van der Waals surface area contributed by atoms with Crippen LogP contribution in [-0.4, -0.2) is 27.3 Å². The first-order chi connectivity index (χ1) is 11.2. The molecule has 3 rings (SSSR count). The van der Waals surface area contributed by atoms with E-state index in [1.54, 1.807) is 30.2 Å². The monoisotopic (exact) mass is 327 g/mol. The zero-order valence-electron chi connectivity index (χ0n) is 12.1. The third-order valence-corrected chi connectivity index (χ3v) is 4.10. The Kier molecular flexibility index (Phi) is 4.68. The van der Waals surface area contributed by atoms with Crippen molar-refractivity contribution in [3.63, 3.8) is 0 Å². The van der Waals surface area contributed by atoms with Gasteiger partial charge in [-0.3, -0.25) is 10.1 Å². The highest BCUT2D eigenvalue weighted by molar-refractivity contribution is 7.99. The van der Waals surface area contributed by atoms with Gasteiger partial charge in [0.2, 0.25) is 0 Å². The van der Waals surface area contributed by atoms with Crippen LogP contribution in [0.25, 0.3) is 10.9 Å². The number of benzene rings is 2. The molecule has 116 valence electrons. The minimum atomic E-state index is -0.436. The van der Waals surface area contributed by atoms with Crippen molar-refractivity contribution in [2.24, 2.45) is 0 Å². The van der Waals surface area contributed by atoms with Crippen LogP contribution in [0, 0.1) is 10.1 Å². The lowest BCUT2D eigenvalue weighted by atomic mass is 10.2. The number of nitro benzene ring substituents is 1. The zero-order chi connectivity index (χ0) is 16.1. The van der Waals surface area contributed by atoms with Crippen LogP contribution in [0.2, 0.25) is 0 Å². The summed E-state index contributed by atoms with van der Waals surface area (Å²) in [6, 6.07) is 14.0. The number of hydrogen-bond donors (Lipinski definition) is 0. The fourth-order valence-electron chi connectivity index (χ4n) is 2.08. The van der Waals surface area contributed by atoms with E-state index in [2.05, 4.69) is 9.97 Å². The molecule has 2 aromatic carbocycles. The van der Waals surface area contributed by atoms with Gasteiger partial charge in [-0.1, -0.05) is 24.3 Å². The van der Waals surface area contributed by atoms with Gasteiger partial charge < -0.3 is 4.74 Å². The number of nitrogens with zero attached hydrogens (tertiary/aromatic N) is 3. The van der Waals surface area contributed by atoms with Gasteiger partial charge in [-0.2, -0.15) is 0 Å². The Morgan fingerprint density at radius 1 is 1.13 bits per heavy atom. The van der Waals surface area contributed by atoms with Crippen LogP contribution in [0.5, 0.6) is 5.75 Å². The maximum absolute atomic E-state index is 10.7. The van der Waals surface area contributed by atoms with Gasteiger partial charge in [-0.15, -0.1) is 11.8 Å². The summed E-state index contributed by atoms with van der Waals surface area (Å²) in [6.45, 7) is 0.435. The molecule has 0 aliphatic carbocycles. The lowest BCUT2D eigenvalue weighted by Gasteiger charge is -2.07. The zero-order valence-corrected chi connectivity index (χ0v) is 12.9. The van der Waals surface area contributed by atoms with E-state index < -0.39 is 4.92 Å². The molecule has 0 bridgehead atoms. The summed E-state index contributed by atoms with van der Waals surface area (Å²) in [7, 11) is 0. The van der Waals surface area contributed by atoms with Crippen molar-refractivity contribution < 1.29 is 9.66 Å². The lowest BCUT2D eigenvalue weighted by molar-refractivity contribution is -0.384. The van der Waals surface area contributed by atoms with Crippen molar-refractivity contribution in [3.8, 4) is 5.75 Å². The highest BCUT2D eigenvalue weighted by Crippen LogP contribution is 2.24. The molecule has 0 N–H and O–H groups in total. The molecule has 0 fully saturated rings. The summed E-state index contributed by atoms with van der Waals surface area (Å²) in [5, 5.41) is 12.6. The number of non-ortho nitro benzene ring substituents is 1. The Hall–Kier alpha value is -2.67. The molecule has 3 aromatic rings. The van der Waals surface area contributed by atoms with Crippen LogP contribution in [0.15, 0.2) is 59.9 Å². The average molecular weight is 327 g/mol. The van der Waals surface area contributed by atoms with E-state index in [0.717, 1.165) is 15.9 Å². The number of ether oxygens (including phenoxy) is 1. The first-order valence-electron chi connectivity index (χ1n) is 6.94. The molecule has 23 heavy (non-hydrogen) atoms.